The predicted octanol–water partition coefficient (Wildman–Crippen LogP) is 5.06. The predicted molar refractivity (Wildman–Crippen MR) is 148 cm³/mol. The number of benzene rings is 1. The summed E-state index contributed by atoms with van der Waals surface area (Å²) in [7, 11) is -3.30. The van der Waals surface area contributed by atoms with Crippen LogP contribution in [0.5, 0.6) is 0 Å². The van der Waals surface area contributed by atoms with Crippen LogP contribution in [0.4, 0.5) is 4.39 Å². The number of hydrogen-bond acceptors (Lipinski definition) is 5. The molecule has 1 fully saturated rings. The number of hydrogen-bond donors (Lipinski definition) is 0. The van der Waals surface area contributed by atoms with Crippen LogP contribution in [-0.4, -0.2) is 73.5 Å². The minimum atomic E-state index is -3.30. The van der Waals surface area contributed by atoms with E-state index in [1.54, 1.807) is 27.8 Å². The molecule has 0 N–H and O–H groups in total. The van der Waals surface area contributed by atoms with Gasteiger partial charge >= 0.3 is 0 Å². The summed E-state index contributed by atoms with van der Waals surface area (Å²) in [4.78, 5) is 18.7. The maximum absolute atomic E-state index is 14.1. The Bertz CT molecular complexity index is 1140. The van der Waals surface area contributed by atoms with Crippen LogP contribution in [-0.2, 0) is 21.2 Å². The third-order valence-electron chi connectivity index (χ3n) is 7.53. The summed E-state index contributed by atoms with van der Waals surface area (Å²) in [6.45, 7) is 4.93. The fourth-order valence-corrected chi connectivity index (χ4v) is 7.99. The molecule has 204 valence electrons. The van der Waals surface area contributed by atoms with Gasteiger partial charge in [-0.1, -0.05) is 51.2 Å². The molecule has 1 atom stereocenters. The smallest absolute Gasteiger partial charge is 0.236 e. The highest BCUT2D eigenvalue weighted by Gasteiger charge is 2.33. The lowest BCUT2D eigenvalue weighted by Crippen LogP contribution is -2.45. The van der Waals surface area contributed by atoms with E-state index in [2.05, 4.69) is 23.3 Å². The molecule has 2 aliphatic rings. The molecule has 0 radical (unpaired) electrons. The van der Waals surface area contributed by atoms with Crippen molar-refractivity contribution in [1.29, 1.82) is 0 Å². The molecule has 6 nitrogen and oxygen atoms in total. The van der Waals surface area contributed by atoms with Gasteiger partial charge in [0.1, 0.15) is 5.82 Å². The molecular formula is C28H40FN3O3S2. The van der Waals surface area contributed by atoms with Gasteiger partial charge in [-0.05, 0) is 54.0 Å². The van der Waals surface area contributed by atoms with Crippen LogP contribution in [0.1, 0.15) is 73.9 Å². The molecule has 1 aromatic carbocycles. The number of amides is 1. The molecule has 1 amide bonds. The summed E-state index contributed by atoms with van der Waals surface area (Å²) >= 11 is 1.71. The minimum absolute atomic E-state index is 0.00950. The van der Waals surface area contributed by atoms with E-state index in [4.69, 9.17) is 0 Å². The standard InChI is InChI=1S/C28H40FN3O3S2/c1-2-3-4-5-6-7-20-37(34,35)32-15-9-14-30(17-18-32)27(33)22-31-16-12-26-25(13-19-36-26)28(31)23-10-8-11-24(29)21-23/h8,10-11,13,19,21,28H,2-7,9,12,14-18,20,22H2,1H3. The lowest BCUT2D eigenvalue weighted by Gasteiger charge is -2.37. The molecule has 0 bridgehead atoms. The number of nitrogens with zero attached hydrogens (tertiary/aromatic N) is 3. The van der Waals surface area contributed by atoms with Crippen molar-refractivity contribution in [3.05, 3.63) is 57.5 Å². The Labute approximate surface area is 225 Å². The van der Waals surface area contributed by atoms with Crippen LogP contribution in [0.15, 0.2) is 35.7 Å². The Kier molecular flexibility index (Phi) is 10.1. The van der Waals surface area contributed by atoms with Gasteiger partial charge in [0.15, 0.2) is 0 Å². The van der Waals surface area contributed by atoms with Gasteiger partial charge in [0, 0.05) is 37.6 Å². The number of carbonyl (C=O) groups is 1. The van der Waals surface area contributed by atoms with Crippen LogP contribution in [0.2, 0.25) is 0 Å². The second-order valence-corrected chi connectivity index (χ2v) is 13.3. The molecule has 2 aliphatic heterocycles. The molecule has 0 saturated carbocycles. The summed E-state index contributed by atoms with van der Waals surface area (Å²) in [6.07, 6.45) is 7.81. The molecular weight excluding hydrogens is 509 g/mol. The van der Waals surface area contributed by atoms with E-state index in [1.165, 1.54) is 30.2 Å². The number of sulfonamides is 1. The third-order valence-corrected chi connectivity index (χ3v) is 10.5. The summed E-state index contributed by atoms with van der Waals surface area (Å²) in [5.41, 5.74) is 2.01. The molecule has 1 unspecified atom stereocenters. The number of fused-ring (bicyclic) bond motifs is 1. The van der Waals surface area contributed by atoms with Crippen molar-refractivity contribution in [2.45, 2.75) is 64.3 Å². The highest BCUT2D eigenvalue weighted by atomic mass is 32.2. The molecule has 1 aromatic heterocycles. The van der Waals surface area contributed by atoms with Crippen molar-refractivity contribution in [3.8, 4) is 0 Å². The van der Waals surface area contributed by atoms with Crippen molar-refractivity contribution in [2.24, 2.45) is 0 Å². The largest absolute Gasteiger partial charge is 0.340 e. The molecule has 3 heterocycles. The number of rotatable bonds is 11. The molecule has 37 heavy (non-hydrogen) atoms. The average Bonchev–Trinajstić information content (AvgIpc) is 3.20. The van der Waals surface area contributed by atoms with Gasteiger partial charge in [0.2, 0.25) is 15.9 Å². The first-order valence-corrected chi connectivity index (χ1v) is 16.2. The fraction of sp³-hybridized carbons (Fsp3) is 0.607. The van der Waals surface area contributed by atoms with Crippen LogP contribution < -0.4 is 0 Å². The number of halogens is 1. The van der Waals surface area contributed by atoms with Crippen molar-refractivity contribution >= 4 is 27.3 Å². The summed E-state index contributed by atoms with van der Waals surface area (Å²) < 4.78 is 41.5. The van der Waals surface area contributed by atoms with Gasteiger partial charge in [0.25, 0.3) is 0 Å². The highest BCUT2D eigenvalue weighted by molar-refractivity contribution is 7.89. The Balaban J connectivity index is 1.35. The van der Waals surface area contributed by atoms with E-state index in [1.807, 2.05) is 11.0 Å². The summed E-state index contributed by atoms with van der Waals surface area (Å²) in [5, 5.41) is 2.07. The lowest BCUT2D eigenvalue weighted by molar-refractivity contribution is -0.132. The van der Waals surface area contributed by atoms with Crippen LogP contribution in [0, 0.1) is 5.82 Å². The van der Waals surface area contributed by atoms with Crippen LogP contribution in [0.25, 0.3) is 0 Å². The fourth-order valence-electron chi connectivity index (χ4n) is 5.49. The Morgan fingerprint density at radius 1 is 1.03 bits per heavy atom. The number of thiophene rings is 1. The van der Waals surface area contributed by atoms with Gasteiger partial charge in [-0.2, -0.15) is 0 Å². The van der Waals surface area contributed by atoms with Gasteiger partial charge in [-0.3, -0.25) is 9.69 Å². The number of carbonyl (C=O) groups excluding carboxylic acids is 1. The minimum Gasteiger partial charge on any atom is -0.340 e. The topological polar surface area (TPSA) is 60.9 Å². The molecule has 0 spiro atoms. The molecule has 0 aliphatic carbocycles. The molecule has 9 heteroatoms. The van der Waals surface area contributed by atoms with Crippen molar-refractivity contribution in [2.75, 3.05) is 45.0 Å². The first kappa shape index (κ1) is 28.2. The normalized spacial score (nSPS) is 19.5. The average molecular weight is 550 g/mol. The van der Waals surface area contributed by atoms with Crippen molar-refractivity contribution < 1.29 is 17.6 Å². The highest BCUT2D eigenvalue weighted by Crippen LogP contribution is 2.37. The van der Waals surface area contributed by atoms with E-state index >= 15 is 0 Å². The van der Waals surface area contributed by atoms with Crippen LogP contribution in [0.3, 0.4) is 0 Å². The van der Waals surface area contributed by atoms with E-state index in [0.717, 1.165) is 36.9 Å². The third kappa shape index (κ3) is 7.40. The Hall–Kier alpha value is -1.81. The molecule has 1 saturated heterocycles. The van der Waals surface area contributed by atoms with Crippen molar-refractivity contribution in [1.82, 2.24) is 14.1 Å². The number of unbranched alkanes of at least 4 members (excludes halogenated alkanes) is 5. The molecule has 2 aromatic rings. The van der Waals surface area contributed by atoms with Crippen LogP contribution >= 0.6 is 11.3 Å². The maximum atomic E-state index is 14.1. The Morgan fingerprint density at radius 3 is 2.65 bits per heavy atom. The Morgan fingerprint density at radius 2 is 1.84 bits per heavy atom. The first-order valence-electron chi connectivity index (χ1n) is 13.7. The summed E-state index contributed by atoms with van der Waals surface area (Å²) in [6, 6.07) is 8.59. The van der Waals surface area contributed by atoms with Gasteiger partial charge in [-0.15, -0.1) is 11.3 Å². The first-order chi connectivity index (χ1) is 17.9. The maximum Gasteiger partial charge on any atom is 0.236 e. The zero-order chi connectivity index (χ0) is 26.3. The SMILES string of the molecule is CCCCCCCCS(=O)(=O)N1CCCN(C(=O)CN2CCc3sccc3C2c2cccc(F)c2)CC1. The monoisotopic (exact) mass is 549 g/mol. The van der Waals surface area contributed by atoms with Gasteiger partial charge in [-0.25, -0.2) is 17.1 Å². The van der Waals surface area contributed by atoms with E-state index in [-0.39, 0.29) is 30.1 Å². The van der Waals surface area contributed by atoms with E-state index in [0.29, 0.717) is 39.0 Å². The zero-order valence-electron chi connectivity index (χ0n) is 21.9. The van der Waals surface area contributed by atoms with E-state index < -0.39 is 10.0 Å². The van der Waals surface area contributed by atoms with Gasteiger partial charge < -0.3 is 4.90 Å². The summed E-state index contributed by atoms with van der Waals surface area (Å²) in [5.74, 6) is -0.0739. The second-order valence-electron chi connectivity index (χ2n) is 10.2. The van der Waals surface area contributed by atoms with Gasteiger partial charge in [0.05, 0.1) is 18.3 Å². The van der Waals surface area contributed by atoms with Crippen molar-refractivity contribution in [3.63, 3.8) is 0 Å². The molecule has 4 rings (SSSR count). The van der Waals surface area contributed by atoms with E-state index in [9.17, 15) is 17.6 Å². The quantitative estimate of drug-likeness (QED) is 0.368. The lowest BCUT2D eigenvalue weighted by atomic mass is 9.93. The second kappa shape index (κ2) is 13.3. The zero-order valence-corrected chi connectivity index (χ0v) is 23.5.